The highest BCUT2D eigenvalue weighted by Crippen LogP contribution is 2.26. The van der Waals surface area contributed by atoms with Gasteiger partial charge in [-0.05, 0) is 38.1 Å². The fraction of sp³-hybridized carbons (Fsp3) is 0.200. The van der Waals surface area contributed by atoms with Crippen LogP contribution in [0, 0.1) is 11.3 Å². The number of nitrogens with zero attached hydrogens (tertiary/aromatic N) is 5. The predicted molar refractivity (Wildman–Crippen MR) is 80.1 cm³/mol. The number of hydrogen-bond acceptors (Lipinski definition) is 5. The summed E-state index contributed by atoms with van der Waals surface area (Å²) in [7, 11) is 0. The molecule has 0 saturated heterocycles. The summed E-state index contributed by atoms with van der Waals surface area (Å²) in [5.41, 5.74) is 2.67. The van der Waals surface area contributed by atoms with Crippen LogP contribution >= 0.6 is 0 Å². The maximum Gasteiger partial charge on any atom is 0.186 e. The van der Waals surface area contributed by atoms with E-state index in [0.717, 1.165) is 22.3 Å². The first kappa shape index (κ1) is 13.1. The Morgan fingerprint density at radius 1 is 1.29 bits per heavy atom. The zero-order chi connectivity index (χ0) is 14.8. The molecule has 0 spiro atoms. The zero-order valence-electron chi connectivity index (χ0n) is 11.8. The van der Waals surface area contributed by atoms with Crippen molar-refractivity contribution in [2.45, 2.75) is 19.9 Å². The number of nitriles is 1. The van der Waals surface area contributed by atoms with Crippen LogP contribution < -0.4 is 5.32 Å². The number of fused-ring (bicyclic) bond motifs is 1. The minimum atomic E-state index is 0.204. The van der Waals surface area contributed by atoms with Gasteiger partial charge in [-0.2, -0.15) is 10.4 Å². The van der Waals surface area contributed by atoms with Crippen molar-refractivity contribution in [3.05, 3.63) is 42.4 Å². The summed E-state index contributed by atoms with van der Waals surface area (Å²) in [6.07, 6.45) is 3.59. The minimum absolute atomic E-state index is 0.204. The Balaban J connectivity index is 2.18. The van der Waals surface area contributed by atoms with Crippen LogP contribution in [0.4, 0.5) is 5.69 Å². The lowest BCUT2D eigenvalue weighted by Gasteiger charge is -2.13. The van der Waals surface area contributed by atoms with Gasteiger partial charge in [0.1, 0.15) is 6.07 Å². The summed E-state index contributed by atoms with van der Waals surface area (Å²) in [5.74, 6) is 0. The molecule has 0 aliphatic rings. The molecule has 0 unspecified atom stereocenters. The molecule has 1 aromatic carbocycles. The molecule has 21 heavy (non-hydrogen) atoms. The van der Waals surface area contributed by atoms with Crippen LogP contribution in [0.1, 0.15) is 19.5 Å². The fourth-order valence-corrected chi connectivity index (χ4v) is 2.17. The topological polar surface area (TPSA) is 79.4 Å². The highest BCUT2D eigenvalue weighted by Gasteiger charge is 2.12. The highest BCUT2D eigenvalue weighted by molar-refractivity contribution is 5.94. The van der Waals surface area contributed by atoms with Gasteiger partial charge in [-0.3, -0.25) is 0 Å². The molecule has 0 radical (unpaired) electrons. The number of hydrogen-bond donors (Lipinski definition) is 1. The third-order valence-electron chi connectivity index (χ3n) is 3.05. The van der Waals surface area contributed by atoms with Crippen molar-refractivity contribution in [1.29, 1.82) is 5.26 Å². The van der Waals surface area contributed by atoms with E-state index in [1.165, 1.54) is 0 Å². The Morgan fingerprint density at radius 3 is 2.81 bits per heavy atom. The molecule has 6 heteroatoms. The van der Waals surface area contributed by atoms with Gasteiger partial charge < -0.3 is 5.32 Å². The monoisotopic (exact) mass is 278 g/mol. The molecule has 0 aliphatic carbocycles. The molecule has 6 nitrogen and oxygen atoms in total. The maximum atomic E-state index is 9.19. The van der Waals surface area contributed by atoms with Crippen LogP contribution in [-0.4, -0.2) is 26.0 Å². The van der Waals surface area contributed by atoms with E-state index in [2.05, 4.69) is 26.7 Å². The molecule has 3 aromatic rings. The Hall–Kier alpha value is -2.94. The van der Waals surface area contributed by atoms with Crippen LogP contribution in [-0.2, 0) is 0 Å². The molecule has 1 N–H and O–H groups in total. The van der Waals surface area contributed by atoms with Gasteiger partial charge in [0, 0.05) is 23.8 Å². The van der Waals surface area contributed by atoms with Crippen LogP contribution in [0.3, 0.4) is 0 Å². The molecule has 3 rings (SSSR count). The summed E-state index contributed by atoms with van der Waals surface area (Å²) < 4.78 is 1.76. The van der Waals surface area contributed by atoms with E-state index in [9.17, 15) is 5.26 Å². The molecule has 0 saturated carbocycles. The first-order valence-electron chi connectivity index (χ1n) is 6.66. The second-order valence-corrected chi connectivity index (χ2v) is 4.99. The molecular formula is C15H14N6. The molecule has 0 aliphatic heterocycles. The third kappa shape index (κ3) is 2.41. The molecule has 0 amide bonds. The highest BCUT2D eigenvalue weighted by atomic mass is 15.3. The average Bonchev–Trinajstić information content (AvgIpc) is 3.00. The average molecular weight is 278 g/mol. The van der Waals surface area contributed by atoms with Gasteiger partial charge in [-0.15, -0.1) is 10.2 Å². The van der Waals surface area contributed by atoms with Gasteiger partial charge in [0.15, 0.2) is 5.69 Å². The van der Waals surface area contributed by atoms with Gasteiger partial charge in [0.25, 0.3) is 0 Å². The fourth-order valence-electron chi connectivity index (χ4n) is 2.17. The van der Waals surface area contributed by atoms with Crippen molar-refractivity contribution in [2.75, 3.05) is 5.32 Å². The first-order valence-corrected chi connectivity index (χ1v) is 6.66. The van der Waals surface area contributed by atoms with Crippen molar-refractivity contribution < 1.29 is 0 Å². The summed E-state index contributed by atoms with van der Waals surface area (Å²) in [6.45, 7) is 4.04. The number of nitrogens with one attached hydrogen (secondary N) is 1. The van der Waals surface area contributed by atoms with Crippen molar-refractivity contribution in [1.82, 2.24) is 20.0 Å². The third-order valence-corrected chi connectivity index (χ3v) is 3.05. The van der Waals surface area contributed by atoms with E-state index in [1.807, 2.05) is 44.3 Å². The Kier molecular flexibility index (Phi) is 3.24. The summed E-state index contributed by atoms with van der Waals surface area (Å²) in [6, 6.07) is 9.94. The number of rotatable bonds is 3. The lowest BCUT2D eigenvalue weighted by molar-refractivity contribution is 0.879. The summed E-state index contributed by atoms with van der Waals surface area (Å²) >= 11 is 0. The standard InChI is InChI=1S/C15H14N6/c1-10(2)18-15-12-5-4-11(21-7-3-6-17-21)8-13(12)19-20-14(15)9-16/h3-8,10H,1-2H3,(H,18,19). The normalized spacial score (nSPS) is 10.8. The predicted octanol–water partition coefficient (Wildman–Crippen LogP) is 2.51. The summed E-state index contributed by atoms with van der Waals surface area (Å²) in [4.78, 5) is 0. The Morgan fingerprint density at radius 2 is 2.14 bits per heavy atom. The van der Waals surface area contributed by atoms with E-state index in [1.54, 1.807) is 10.9 Å². The van der Waals surface area contributed by atoms with E-state index in [0.29, 0.717) is 5.69 Å². The lowest BCUT2D eigenvalue weighted by Crippen LogP contribution is -2.12. The molecule has 0 atom stereocenters. The van der Waals surface area contributed by atoms with Gasteiger partial charge in [-0.25, -0.2) is 4.68 Å². The van der Waals surface area contributed by atoms with E-state index < -0.39 is 0 Å². The molecule has 2 aromatic heterocycles. The number of anilines is 1. The SMILES string of the molecule is CC(C)Nc1c(C#N)nnc2cc(-n3cccn3)ccc12. The van der Waals surface area contributed by atoms with E-state index in [4.69, 9.17) is 0 Å². The largest absolute Gasteiger partial charge is 0.380 e. The lowest BCUT2D eigenvalue weighted by atomic mass is 10.1. The van der Waals surface area contributed by atoms with Crippen molar-refractivity contribution in [2.24, 2.45) is 0 Å². The van der Waals surface area contributed by atoms with Crippen molar-refractivity contribution in [3.8, 4) is 11.8 Å². The van der Waals surface area contributed by atoms with Gasteiger partial charge >= 0.3 is 0 Å². The quantitative estimate of drug-likeness (QED) is 0.796. The number of benzene rings is 1. The van der Waals surface area contributed by atoms with Gasteiger partial charge in [0.05, 0.1) is 16.9 Å². The maximum absolute atomic E-state index is 9.19. The Labute approximate surface area is 122 Å². The molecule has 0 bridgehead atoms. The van der Waals surface area contributed by atoms with Crippen LogP contribution in [0.5, 0.6) is 0 Å². The van der Waals surface area contributed by atoms with Gasteiger partial charge in [-0.1, -0.05) is 0 Å². The van der Waals surface area contributed by atoms with Crippen LogP contribution in [0.15, 0.2) is 36.7 Å². The molecule has 2 heterocycles. The second kappa shape index (κ2) is 5.21. The molecule has 0 fully saturated rings. The van der Waals surface area contributed by atoms with Crippen molar-refractivity contribution in [3.63, 3.8) is 0 Å². The number of aromatic nitrogens is 4. The van der Waals surface area contributed by atoms with Gasteiger partial charge in [0.2, 0.25) is 0 Å². The smallest absolute Gasteiger partial charge is 0.186 e. The zero-order valence-corrected chi connectivity index (χ0v) is 11.8. The first-order chi connectivity index (χ1) is 10.2. The molecular weight excluding hydrogens is 264 g/mol. The molecule has 104 valence electrons. The summed E-state index contributed by atoms with van der Waals surface area (Å²) in [5, 5.41) is 25.7. The van der Waals surface area contributed by atoms with Crippen molar-refractivity contribution >= 4 is 16.6 Å². The second-order valence-electron chi connectivity index (χ2n) is 4.99. The van der Waals surface area contributed by atoms with Crippen LogP contribution in [0.25, 0.3) is 16.6 Å². The Bertz CT molecular complexity index is 814. The van der Waals surface area contributed by atoms with E-state index >= 15 is 0 Å². The minimum Gasteiger partial charge on any atom is -0.380 e. The van der Waals surface area contributed by atoms with E-state index in [-0.39, 0.29) is 6.04 Å². The van der Waals surface area contributed by atoms with Crippen LogP contribution in [0.2, 0.25) is 0 Å².